The second kappa shape index (κ2) is 6.46. The van der Waals surface area contributed by atoms with Crippen molar-refractivity contribution in [3.63, 3.8) is 0 Å². The third-order valence-corrected chi connectivity index (χ3v) is 5.17. The van der Waals surface area contributed by atoms with Gasteiger partial charge in [0.1, 0.15) is 0 Å². The van der Waals surface area contributed by atoms with E-state index in [1.54, 1.807) is 18.3 Å². The summed E-state index contributed by atoms with van der Waals surface area (Å²) in [6.45, 7) is 4.48. The molecule has 0 saturated carbocycles. The molecule has 2 bridgehead atoms. The molecule has 0 radical (unpaired) electrons. The number of pyridine rings is 1. The monoisotopic (exact) mass is 325 g/mol. The van der Waals surface area contributed by atoms with Crippen LogP contribution in [-0.4, -0.2) is 51.9 Å². The number of carbonyl (C=O) groups excluding carboxylic acids is 1. The number of amides is 1. The SMILES string of the molecule is CCCOc1ccc(C(=O)N2C3CC2CN(SS)C3)cn1. The molecular weight excluding hydrogens is 306 g/mol. The molecule has 1 aromatic heterocycles. The third kappa shape index (κ3) is 3.00. The van der Waals surface area contributed by atoms with Gasteiger partial charge in [0.2, 0.25) is 5.88 Å². The van der Waals surface area contributed by atoms with E-state index in [0.717, 1.165) is 25.9 Å². The summed E-state index contributed by atoms with van der Waals surface area (Å²) in [6.07, 6.45) is 3.66. The van der Waals surface area contributed by atoms with Gasteiger partial charge in [-0.05, 0) is 29.9 Å². The van der Waals surface area contributed by atoms with Crippen LogP contribution in [0.1, 0.15) is 30.1 Å². The Kier molecular flexibility index (Phi) is 4.61. The first kappa shape index (κ1) is 15.0. The van der Waals surface area contributed by atoms with Gasteiger partial charge in [-0.1, -0.05) is 18.6 Å². The van der Waals surface area contributed by atoms with Crippen LogP contribution in [-0.2, 0) is 0 Å². The topological polar surface area (TPSA) is 45.7 Å². The lowest BCUT2D eigenvalue weighted by Gasteiger charge is -2.55. The van der Waals surface area contributed by atoms with Crippen LogP contribution in [0.15, 0.2) is 18.3 Å². The van der Waals surface area contributed by atoms with Gasteiger partial charge in [-0.15, -0.1) is 0 Å². The van der Waals surface area contributed by atoms with Gasteiger partial charge in [0.25, 0.3) is 5.91 Å². The number of likely N-dealkylation sites (tertiary alicyclic amines) is 1. The largest absolute Gasteiger partial charge is 0.478 e. The molecule has 3 rings (SSSR count). The van der Waals surface area contributed by atoms with Crippen LogP contribution in [0.4, 0.5) is 0 Å². The maximum absolute atomic E-state index is 12.6. The van der Waals surface area contributed by atoms with Crippen molar-refractivity contribution in [1.82, 2.24) is 14.2 Å². The standard InChI is InChI=1S/C14H19N3O2S2/c1-2-5-19-13-4-3-10(7-15-13)14(18)17-11-6-12(17)9-16(8-11)21-20/h3-4,7,11-12,20H,2,5-6,8-9H2,1H3. The van der Waals surface area contributed by atoms with E-state index in [1.807, 2.05) is 11.8 Å². The van der Waals surface area contributed by atoms with Crippen molar-refractivity contribution >= 4 is 28.5 Å². The van der Waals surface area contributed by atoms with Crippen LogP contribution in [0, 0.1) is 0 Å². The first-order chi connectivity index (χ1) is 10.2. The molecule has 5 nitrogen and oxygen atoms in total. The van der Waals surface area contributed by atoms with Crippen LogP contribution in [0.25, 0.3) is 0 Å². The molecular formula is C14H19N3O2S2. The number of fused-ring (bicyclic) bond motifs is 2. The maximum Gasteiger partial charge on any atom is 0.256 e. The molecule has 2 saturated heterocycles. The van der Waals surface area contributed by atoms with E-state index in [2.05, 4.69) is 20.9 Å². The highest BCUT2D eigenvalue weighted by atomic mass is 33.1. The number of aromatic nitrogens is 1. The molecule has 3 heterocycles. The summed E-state index contributed by atoms with van der Waals surface area (Å²) in [7, 11) is 1.46. The van der Waals surface area contributed by atoms with Crippen molar-refractivity contribution in [2.45, 2.75) is 31.8 Å². The first-order valence-corrected chi connectivity index (χ1v) is 9.03. The minimum Gasteiger partial charge on any atom is -0.478 e. The van der Waals surface area contributed by atoms with Crippen LogP contribution >= 0.6 is 22.6 Å². The Hall–Kier alpha value is -0.920. The van der Waals surface area contributed by atoms with Gasteiger partial charge in [0, 0.05) is 37.4 Å². The predicted molar refractivity (Wildman–Crippen MR) is 86.5 cm³/mol. The average Bonchev–Trinajstić information content (AvgIpc) is 2.53. The number of hydrogen-bond donors (Lipinski definition) is 1. The van der Waals surface area contributed by atoms with E-state index < -0.39 is 0 Å². The van der Waals surface area contributed by atoms with Gasteiger partial charge in [0.05, 0.1) is 12.2 Å². The molecule has 2 atom stereocenters. The van der Waals surface area contributed by atoms with Crippen LogP contribution in [0.3, 0.4) is 0 Å². The van der Waals surface area contributed by atoms with E-state index in [1.165, 1.54) is 11.0 Å². The molecule has 21 heavy (non-hydrogen) atoms. The van der Waals surface area contributed by atoms with Gasteiger partial charge in [-0.2, -0.15) is 0 Å². The molecule has 0 aromatic carbocycles. The molecule has 1 aromatic rings. The highest BCUT2D eigenvalue weighted by molar-refractivity contribution is 8.67. The third-order valence-electron chi connectivity index (χ3n) is 3.95. The highest BCUT2D eigenvalue weighted by Crippen LogP contribution is 2.36. The van der Waals surface area contributed by atoms with Gasteiger partial charge in [-0.25, -0.2) is 9.29 Å². The smallest absolute Gasteiger partial charge is 0.256 e. The van der Waals surface area contributed by atoms with Crippen molar-refractivity contribution in [2.24, 2.45) is 0 Å². The number of hydrogen-bond acceptors (Lipinski definition) is 6. The lowest BCUT2D eigenvalue weighted by molar-refractivity contribution is -0.0219. The molecule has 0 aliphatic carbocycles. The van der Waals surface area contributed by atoms with Crippen molar-refractivity contribution in [1.29, 1.82) is 0 Å². The first-order valence-electron chi connectivity index (χ1n) is 7.21. The fraction of sp³-hybridized carbons (Fsp3) is 0.571. The second-order valence-electron chi connectivity index (χ2n) is 5.42. The molecule has 1 amide bonds. The predicted octanol–water partition coefficient (Wildman–Crippen LogP) is 2.26. The summed E-state index contributed by atoms with van der Waals surface area (Å²) < 4.78 is 7.64. The minimum atomic E-state index is 0.0783. The van der Waals surface area contributed by atoms with Gasteiger partial charge < -0.3 is 9.64 Å². The summed E-state index contributed by atoms with van der Waals surface area (Å²) in [5.41, 5.74) is 0.639. The molecule has 2 fully saturated rings. The lowest BCUT2D eigenvalue weighted by atomic mass is 9.88. The van der Waals surface area contributed by atoms with Crippen molar-refractivity contribution in [3.05, 3.63) is 23.9 Å². The second-order valence-corrected chi connectivity index (χ2v) is 6.59. The number of piperazine rings is 1. The van der Waals surface area contributed by atoms with Crippen molar-refractivity contribution in [3.8, 4) is 5.88 Å². The van der Waals surface area contributed by atoms with Gasteiger partial charge >= 0.3 is 0 Å². The number of carbonyl (C=O) groups is 1. The summed E-state index contributed by atoms with van der Waals surface area (Å²) in [4.78, 5) is 18.8. The zero-order chi connectivity index (χ0) is 14.8. The van der Waals surface area contributed by atoms with E-state index in [-0.39, 0.29) is 5.91 Å². The molecule has 2 aliphatic heterocycles. The molecule has 2 aliphatic rings. The zero-order valence-corrected chi connectivity index (χ0v) is 13.6. The zero-order valence-electron chi connectivity index (χ0n) is 11.9. The number of rotatable bonds is 5. The Labute approximate surface area is 134 Å². The normalized spacial score (nSPS) is 24.6. The van der Waals surface area contributed by atoms with Crippen molar-refractivity contribution < 1.29 is 9.53 Å². The summed E-state index contributed by atoms with van der Waals surface area (Å²) in [5.74, 6) is 0.657. The number of ether oxygens (including phenoxy) is 1. The summed E-state index contributed by atoms with van der Waals surface area (Å²) in [5, 5.41) is 0. The quantitative estimate of drug-likeness (QED) is 0.511. The Morgan fingerprint density at radius 1 is 1.48 bits per heavy atom. The van der Waals surface area contributed by atoms with Gasteiger partial charge in [-0.3, -0.25) is 4.79 Å². The van der Waals surface area contributed by atoms with Crippen LogP contribution in [0.5, 0.6) is 5.88 Å². The summed E-state index contributed by atoms with van der Waals surface area (Å²) in [6, 6.07) is 4.20. The molecule has 114 valence electrons. The minimum absolute atomic E-state index is 0.0783. The number of nitrogens with zero attached hydrogens (tertiary/aromatic N) is 3. The van der Waals surface area contributed by atoms with Crippen molar-refractivity contribution in [2.75, 3.05) is 19.7 Å². The molecule has 2 unspecified atom stereocenters. The van der Waals surface area contributed by atoms with E-state index in [0.29, 0.717) is 30.1 Å². The fourth-order valence-corrected chi connectivity index (χ4v) is 3.79. The molecule has 7 heteroatoms. The Bertz CT molecular complexity index is 499. The number of piperidine rings is 1. The molecule has 0 spiro atoms. The highest BCUT2D eigenvalue weighted by Gasteiger charge is 2.47. The summed E-state index contributed by atoms with van der Waals surface area (Å²) >= 11 is 4.23. The fourth-order valence-electron chi connectivity index (χ4n) is 2.92. The number of thiol groups is 1. The van der Waals surface area contributed by atoms with E-state index in [9.17, 15) is 4.79 Å². The van der Waals surface area contributed by atoms with Gasteiger partial charge in [0.15, 0.2) is 0 Å². The van der Waals surface area contributed by atoms with Crippen LogP contribution in [0.2, 0.25) is 0 Å². The maximum atomic E-state index is 12.6. The van der Waals surface area contributed by atoms with Crippen LogP contribution < -0.4 is 4.74 Å². The average molecular weight is 325 g/mol. The molecule has 0 N–H and O–H groups in total. The Morgan fingerprint density at radius 3 is 2.81 bits per heavy atom. The lowest BCUT2D eigenvalue weighted by Crippen LogP contribution is -2.68. The Balaban J connectivity index is 1.64. The Morgan fingerprint density at radius 2 is 2.24 bits per heavy atom. The van der Waals surface area contributed by atoms with E-state index >= 15 is 0 Å². The van der Waals surface area contributed by atoms with E-state index in [4.69, 9.17) is 4.74 Å².